The maximum absolute atomic E-state index is 8.64. The molecule has 5 nitrogen and oxygen atoms in total. The molecule has 0 spiro atoms. The standard InChI is InChI=1S/C9H13N5/c1-7(5-10)6-14(2)9-12-4-3-8(11)13-9/h3-4,7H,6H2,1-2H3,(H2,11,12,13). The average molecular weight is 191 g/mol. The quantitative estimate of drug-likeness (QED) is 0.759. The molecule has 1 unspecified atom stereocenters. The Hall–Kier alpha value is -1.83. The molecule has 0 radical (unpaired) electrons. The smallest absolute Gasteiger partial charge is 0.227 e. The lowest BCUT2D eigenvalue weighted by Crippen LogP contribution is -2.25. The van der Waals surface area contributed by atoms with Crippen LogP contribution in [0.2, 0.25) is 0 Å². The number of hydrogen-bond acceptors (Lipinski definition) is 5. The van der Waals surface area contributed by atoms with Crippen molar-refractivity contribution < 1.29 is 0 Å². The largest absolute Gasteiger partial charge is 0.384 e. The van der Waals surface area contributed by atoms with Crippen molar-refractivity contribution >= 4 is 11.8 Å². The highest BCUT2D eigenvalue weighted by Gasteiger charge is 2.08. The summed E-state index contributed by atoms with van der Waals surface area (Å²) in [6.45, 7) is 2.45. The van der Waals surface area contributed by atoms with Crippen LogP contribution in [0.4, 0.5) is 11.8 Å². The Kier molecular flexibility index (Phi) is 3.24. The Balaban J connectivity index is 2.70. The van der Waals surface area contributed by atoms with Crippen LogP contribution in [0.1, 0.15) is 6.92 Å². The molecule has 0 aliphatic heterocycles. The van der Waals surface area contributed by atoms with Crippen molar-refractivity contribution in [1.29, 1.82) is 5.26 Å². The zero-order chi connectivity index (χ0) is 10.6. The fourth-order valence-corrected chi connectivity index (χ4v) is 1.08. The summed E-state index contributed by atoms with van der Waals surface area (Å²) in [6.07, 6.45) is 1.60. The highest BCUT2D eigenvalue weighted by molar-refractivity contribution is 5.36. The van der Waals surface area contributed by atoms with Crippen molar-refractivity contribution in [3.8, 4) is 6.07 Å². The van der Waals surface area contributed by atoms with Crippen LogP contribution in [-0.4, -0.2) is 23.6 Å². The molecule has 0 aromatic carbocycles. The lowest BCUT2D eigenvalue weighted by molar-refractivity contribution is 0.703. The van der Waals surface area contributed by atoms with Gasteiger partial charge in [-0.2, -0.15) is 10.2 Å². The molecule has 1 aromatic heterocycles. The van der Waals surface area contributed by atoms with Gasteiger partial charge in [-0.25, -0.2) is 4.98 Å². The van der Waals surface area contributed by atoms with Gasteiger partial charge in [0.25, 0.3) is 0 Å². The maximum atomic E-state index is 8.64. The zero-order valence-electron chi connectivity index (χ0n) is 8.31. The van der Waals surface area contributed by atoms with Crippen molar-refractivity contribution in [2.24, 2.45) is 5.92 Å². The Morgan fingerprint density at radius 3 is 3.00 bits per heavy atom. The molecule has 5 heteroatoms. The third-order valence-electron chi connectivity index (χ3n) is 1.77. The summed E-state index contributed by atoms with van der Waals surface area (Å²) in [6, 6.07) is 3.78. The molecule has 1 atom stereocenters. The highest BCUT2D eigenvalue weighted by Crippen LogP contribution is 2.08. The first-order valence-corrected chi connectivity index (χ1v) is 4.32. The van der Waals surface area contributed by atoms with E-state index in [1.54, 1.807) is 12.3 Å². The van der Waals surface area contributed by atoms with Crippen molar-refractivity contribution in [1.82, 2.24) is 9.97 Å². The molecule has 0 saturated heterocycles. The Morgan fingerprint density at radius 1 is 1.71 bits per heavy atom. The van der Waals surface area contributed by atoms with Gasteiger partial charge < -0.3 is 10.6 Å². The summed E-state index contributed by atoms with van der Waals surface area (Å²) in [4.78, 5) is 9.91. The first kappa shape index (κ1) is 10.3. The minimum absolute atomic E-state index is 0.0509. The van der Waals surface area contributed by atoms with Crippen LogP contribution in [0.15, 0.2) is 12.3 Å². The lowest BCUT2D eigenvalue weighted by Gasteiger charge is -2.17. The van der Waals surface area contributed by atoms with Gasteiger partial charge in [0.2, 0.25) is 5.95 Å². The minimum atomic E-state index is -0.0509. The molecular weight excluding hydrogens is 178 g/mol. The van der Waals surface area contributed by atoms with E-state index < -0.39 is 0 Å². The fourth-order valence-electron chi connectivity index (χ4n) is 1.08. The van der Waals surface area contributed by atoms with Gasteiger partial charge in [-0.05, 0) is 13.0 Å². The van der Waals surface area contributed by atoms with E-state index >= 15 is 0 Å². The molecule has 2 N–H and O–H groups in total. The van der Waals surface area contributed by atoms with Gasteiger partial charge in [-0.3, -0.25) is 0 Å². The molecule has 0 amide bonds. The fraction of sp³-hybridized carbons (Fsp3) is 0.444. The summed E-state index contributed by atoms with van der Waals surface area (Å²) < 4.78 is 0. The van der Waals surface area contributed by atoms with Crippen molar-refractivity contribution in [2.45, 2.75) is 6.92 Å². The number of nitriles is 1. The van der Waals surface area contributed by atoms with E-state index in [-0.39, 0.29) is 5.92 Å². The first-order chi connectivity index (χ1) is 6.63. The summed E-state index contributed by atoms with van der Waals surface area (Å²) >= 11 is 0. The maximum Gasteiger partial charge on any atom is 0.227 e. The second-order valence-electron chi connectivity index (χ2n) is 3.19. The third kappa shape index (κ3) is 2.59. The van der Waals surface area contributed by atoms with Crippen molar-refractivity contribution in [3.63, 3.8) is 0 Å². The van der Waals surface area contributed by atoms with E-state index in [2.05, 4.69) is 16.0 Å². The number of nitrogens with two attached hydrogens (primary N) is 1. The topological polar surface area (TPSA) is 78.8 Å². The van der Waals surface area contributed by atoms with Crippen LogP contribution in [0.25, 0.3) is 0 Å². The summed E-state index contributed by atoms with van der Waals surface area (Å²) in [5.74, 6) is 0.934. The molecule has 1 aromatic rings. The second-order valence-corrected chi connectivity index (χ2v) is 3.19. The molecule has 1 heterocycles. The van der Waals surface area contributed by atoms with Crippen LogP contribution in [-0.2, 0) is 0 Å². The van der Waals surface area contributed by atoms with Gasteiger partial charge in [-0.1, -0.05) is 0 Å². The number of rotatable bonds is 3. The monoisotopic (exact) mass is 191 g/mol. The van der Waals surface area contributed by atoms with Gasteiger partial charge in [0.15, 0.2) is 0 Å². The third-order valence-corrected chi connectivity index (χ3v) is 1.77. The Morgan fingerprint density at radius 2 is 2.43 bits per heavy atom. The number of anilines is 2. The summed E-state index contributed by atoms with van der Waals surface area (Å²) in [5, 5.41) is 8.64. The minimum Gasteiger partial charge on any atom is -0.384 e. The van der Waals surface area contributed by atoms with Crippen LogP contribution in [0, 0.1) is 17.2 Å². The first-order valence-electron chi connectivity index (χ1n) is 4.32. The molecule has 0 aliphatic rings. The Labute approximate surface area is 83.2 Å². The normalized spacial score (nSPS) is 11.8. The van der Waals surface area contributed by atoms with E-state index in [0.29, 0.717) is 18.3 Å². The Bertz CT molecular complexity index is 343. The molecule has 0 fully saturated rings. The van der Waals surface area contributed by atoms with Crippen LogP contribution >= 0.6 is 0 Å². The predicted molar refractivity (Wildman–Crippen MR) is 54.5 cm³/mol. The van der Waals surface area contributed by atoms with E-state index in [1.807, 2.05) is 18.9 Å². The van der Waals surface area contributed by atoms with Crippen molar-refractivity contribution in [3.05, 3.63) is 12.3 Å². The number of nitrogens with zero attached hydrogens (tertiary/aromatic N) is 4. The second kappa shape index (κ2) is 4.42. The van der Waals surface area contributed by atoms with Gasteiger partial charge in [0.05, 0.1) is 12.0 Å². The molecule has 0 bridgehead atoms. The zero-order valence-corrected chi connectivity index (χ0v) is 8.31. The van der Waals surface area contributed by atoms with Crippen molar-refractivity contribution in [2.75, 3.05) is 24.2 Å². The molecule has 0 saturated carbocycles. The molecule has 1 rings (SSSR count). The van der Waals surface area contributed by atoms with Gasteiger partial charge in [0, 0.05) is 19.8 Å². The van der Waals surface area contributed by atoms with Crippen LogP contribution in [0.5, 0.6) is 0 Å². The number of hydrogen-bond donors (Lipinski definition) is 1. The average Bonchev–Trinajstić information content (AvgIpc) is 2.17. The van der Waals surface area contributed by atoms with Crippen LogP contribution < -0.4 is 10.6 Å². The van der Waals surface area contributed by atoms with E-state index in [0.717, 1.165) is 0 Å². The van der Waals surface area contributed by atoms with Gasteiger partial charge in [0.1, 0.15) is 5.82 Å². The lowest BCUT2D eigenvalue weighted by atomic mass is 10.2. The van der Waals surface area contributed by atoms with E-state index in [1.165, 1.54) is 0 Å². The number of aromatic nitrogens is 2. The summed E-state index contributed by atoms with van der Waals surface area (Å²) in [7, 11) is 1.84. The predicted octanol–water partition coefficient (Wildman–Crippen LogP) is 0.655. The van der Waals surface area contributed by atoms with E-state index in [9.17, 15) is 0 Å². The molecule has 0 aliphatic carbocycles. The SMILES string of the molecule is CC(C#N)CN(C)c1nccc(N)n1. The highest BCUT2D eigenvalue weighted by atomic mass is 15.2. The molecular formula is C9H13N5. The number of nitrogen functional groups attached to an aromatic ring is 1. The van der Waals surface area contributed by atoms with Gasteiger partial charge >= 0.3 is 0 Å². The van der Waals surface area contributed by atoms with Crippen LogP contribution in [0.3, 0.4) is 0 Å². The molecule has 74 valence electrons. The molecule has 14 heavy (non-hydrogen) atoms. The summed E-state index contributed by atoms with van der Waals surface area (Å²) in [5.41, 5.74) is 5.52. The van der Waals surface area contributed by atoms with Gasteiger partial charge in [-0.15, -0.1) is 0 Å². The van der Waals surface area contributed by atoms with E-state index in [4.69, 9.17) is 11.0 Å².